The van der Waals surface area contributed by atoms with Crippen molar-refractivity contribution in [1.29, 1.82) is 0 Å². The minimum Gasteiger partial charge on any atom is -0.494 e. The van der Waals surface area contributed by atoms with Crippen LogP contribution in [0.1, 0.15) is 38.3 Å². The van der Waals surface area contributed by atoms with E-state index in [1.807, 2.05) is 12.3 Å². The van der Waals surface area contributed by atoms with Crippen molar-refractivity contribution < 1.29 is 4.74 Å². The molecule has 1 aromatic heterocycles. The van der Waals surface area contributed by atoms with E-state index < -0.39 is 0 Å². The third-order valence-electron chi connectivity index (χ3n) is 6.25. The van der Waals surface area contributed by atoms with Crippen LogP contribution in [0.2, 0.25) is 0 Å². The van der Waals surface area contributed by atoms with Gasteiger partial charge in [-0.25, -0.2) is 0 Å². The fraction of sp³-hybridized carbons (Fsp3) is 0.207. The first kappa shape index (κ1) is 19.6. The van der Waals surface area contributed by atoms with Gasteiger partial charge in [0, 0.05) is 17.2 Å². The molecule has 1 aliphatic carbocycles. The van der Waals surface area contributed by atoms with Crippen molar-refractivity contribution >= 4 is 0 Å². The third-order valence-corrected chi connectivity index (χ3v) is 6.25. The Morgan fingerprint density at radius 2 is 1.35 bits per heavy atom. The highest BCUT2D eigenvalue weighted by Gasteiger charge is 2.39. The highest BCUT2D eigenvalue weighted by molar-refractivity contribution is 5.92. The number of hydrogen-bond donors (Lipinski definition) is 0. The summed E-state index contributed by atoms with van der Waals surface area (Å²) in [5.41, 5.74) is 10.00. The van der Waals surface area contributed by atoms with Gasteiger partial charge in [-0.1, -0.05) is 75.4 Å². The van der Waals surface area contributed by atoms with Crippen LogP contribution in [0.4, 0.5) is 0 Å². The van der Waals surface area contributed by atoms with E-state index in [2.05, 4.69) is 98.6 Å². The molecule has 4 aromatic rings. The molecule has 3 aromatic carbocycles. The maximum absolute atomic E-state index is 5.79. The van der Waals surface area contributed by atoms with Crippen LogP contribution in [0.5, 0.6) is 5.75 Å². The van der Waals surface area contributed by atoms with Gasteiger partial charge in [0.1, 0.15) is 5.75 Å². The van der Waals surface area contributed by atoms with Gasteiger partial charge >= 0.3 is 0 Å². The molecule has 31 heavy (non-hydrogen) atoms. The van der Waals surface area contributed by atoms with E-state index in [1.165, 1.54) is 38.9 Å². The number of fused-ring (bicyclic) bond motifs is 3. The average molecular weight is 406 g/mol. The van der Waals surface area contributed by atoms with E-state index in [1.54, 1.807) is 0 Å². The number of benzene rings is 3. The molecule has 0 spiro atoms. The summed E-state index contributed by atoms with van der Waals surface area (Å²) in [6.45, 7) is 7.55. The smallest absolute Gasteiger partial charge is 0.119 e. The van der Waals surface area contributed by atoms with Gasteiger partial charge in [0.2, 0.25) is 0 Å². The van der Waals surface area contributed by atoms with Crippen molar-refractivity contribution in [3.8, 4) is 39.3 Å². The van der Waals surface area contributed by atoms with E-state index in [4.69, 9.17) is 4.74 Å². The molecule has 0 N–H and O–H groups in total. The topological polar surface area (TPSA) is 22.1 Å². The first-order chi connectivity index (χ1) is 15.1. The molecule has 2 heteroatoms. The molecular weight excluding hydrogens is 378 g/mol. The van der Waals surface area contributed by atoms with E-state index in [0.717, 1.165) is 24.5 Å². The molecule has 5 rings (SSSR count). The van der Waals surface area contributed by atoms with Crippen LogP contribution in [-0.4, -0.2) is 11.6 Å². The molecule has 0 radical (unpaired) electrons. The maximum Gasteiger partial charge on any atom is 0.119 e. The molecule has 0 atom stereocenters. The van der Waals surface area contributed by atoms with Gasteiger partial charge < -0.3 is 4.74 Å². The van der Waals surface area contributed by atoms with Gasteiger partial charge in [0.05, 0.1) is 12.3 Å². The molecular formula is C29H27NO. The second-order valence-electron chi connectivity index (χ2n) is 8.67. The molecule has 154 valence electrons. The van der Waals surface area contributed by atoms with Crippen molar-refractivity contribution in [1.82, 2.24) is 4.98 Å². The molecule has 0 bridgehead atoms. The lowest BCUT2D eigenvalue weighted by Crippen LogP contribution is -2.17. The number of aromatic nitrogens is 1. The lowest BCUT2D eigenvalue weighted by atomic mass is 9.77. The Morgan fingerprint density at radius 3 is 2.00 bits per heavy atom. The van der Waals surface area contributed by atoms with E-state index >= 15 is 0 Å². The lowest BCUT2D eigenvalue weighted by Gasteiger charge is -2.26. The van der Waals surface area contributed by atoms with Gasteiger partial charge in [-0.05, 0) is 64.1 Å². The first-order valence-electron chi connectivity index (χ1n) is 11.0. The fourth-order valence-electron chi connectivity index (χ4n) is 4.95. The highest BCUT2D eigenvalue weighted by Crippen LogP contribution is 2.54. The second-order valence-corrected chi connectivity index (χ2v) is 8.67. The van der Waals surface area contributed by atoms with Gasteiger partial charge in [-0.2, -0.15) is 0 Å². The summed E-state index contributed by atoms with van der Waals surface area (Å²) in [5, 5.41) is 0. The molecule has 0 unspecified atom stereocenters. The number of hydrogen-bond acceptors (Lipinski definition) is 2. The Balaban J connectivity index is 1.65. The third kappa shape index (κ3) is 3.23. The predicted molar refractivity (Wildman–Crippen MR) is 128 cm³/mol. The van der Waals surface area contributed by atoms with Gasteiger partial charge in [0.15, 0.2) is 0 Å². The summed E-state index contributed by atoms with van der Waals surface area (Å²) in [6, 6.07) is 27.9. The van der Waals surface area contributed by atoms with Crippen molar-refractivity contribution in [3.05, 3.63) is 96.2 Å². The SMILES string of the molecule is CCCOc1ccc(-c2cccc3c2C(C)(C)c2c(-c4ccccn4)cccc2-3)cc1. The summed E-state index contributed by atoms with van der Waals surface area (Å²) >= 11 is 0. The molecule has 2 nitrogen and oxygen atoms in total. The molecule has 0 saturated carbocycles. The van der Waals surface area contributed by atoms with E-state index in [-0.39, 0.29) is 5.41 Å². The van der Waals surface area contributed by atoms with Crippen LogP contribution in [0.25, 0.3) is 33.5 Å². The maximum atomic E-state index is 5.79. The minimum absolute atomic E-state index is 0.132. The highest BCUT2D eigenvalue weighted by atomic mass is 16.5. The summed E-state index contributed by atoms with van der Waals surface area (Å²) in [5.74, 6) is 0.929. The largest absolute Gasteiger partial charge is 0.494 e. The Hall–Kier alpha value is -3.39. The lowest BCUT2D eigenvalue weighted by molar-refractivity contribution is 0.317. The van der Waals surface area contributed by atoms with E-state index in [9.17, 15) is 0 Å². The van der Waals surface area contributed by atoms with E-state index in [0.29, 0.717) is 0 Å². The monoisotopic (exact) mass is 405 g/mol. The Labute approximate surface area is 184 Å². The Morgan fingerprint density at radius 1 is 0.710 bits per heavy atom. The normalized spacial score (nSPS) is 13.5. The van der Waals surface area contributed by atoms with Crippen LogP contribution >= 0.6 is 0 Å². The number of pyridine rings is 1. The van der Waals surface area contributed by atoms with Crippen LogP contribution in [-0.2, 0) is 5.41 Å². The van der Waals surface area contributed by atoms with Crippen LogP contribution < -0.4 is 4.74 Å². The molecule has 1 heterocycles. The predicted octanol–water partition coefficient (Wildman–Crippen LogP) is 7.51. The number of ether oxygens (including phenoxy) is 1. The van der Waals surface area contributed by atoms with Gasteiger partial charge in [0.25, 0.3) is 0 Å². The summed E-state index contributed by atoms with van der Waals surface area (Å²) < 4.78 is 5.79. The van der Waals surface area contributed by atoms with Crippen molar-refractivity contribution in [2.45, 2.75) is 32.6 Å². The average Bonchev–Trinajstić information content (AvgIpc) is 3.06. The summed E-state index contributed by atoms with van der Waals surface area (Å²) in [6.07, 6.45) is 2.89. The summed E-state index contributed by atoms with van der Waals surface area (Å²) in [4.78, 5) is 4.66. The minimum atomic E-state index is -0.132. The Bertz CT molecular complexity index is 1220. The van der Waals surface area contributed by atoms with Crippen LogP contribution in [0.15, 0.2) is 85.1 Å². The van der Waals surface area contributed by atoms with Crippen molar-refractivity contribution in [2.24, 2.45) is 0 Å². The summed E-state index contributed by atoms with van der Waals surface area (Å²) in [7, 11) is 0. The second kappa shape index (κ2) is 7.70. The van der Waals surface area contributed by atoms with Gasteiger partial charge in [-0.15, -0.1) is 0 Å². The van der Waals surface area contributed by atoms with Crippen molar-refractivity contribution in [2.75, 3.05) is 6.61 Å². The first-order valence-corrected chi connectivity index (χ1v) is 11.0. The molecule has 0 saturated heterocycles. The molecule has 0 amide bonds. The zero-order chi connectivity index (χ0) is 21.4. The fourth-order valence-corrected chi connectivity index (χ4v) is 4.95. The van der Waals surface area contributed by atoms with Crippen molar-refractivity contribution in [3.63, 3.8) is 0 Å². The molecule has 0 aliphatic heterocycles. The Kier molecular flexibility index (Phi) is 4.86. The van der Waals surface area contributed by atoms with Crippen LogP contribution in [0, 0.1) is 0 Å². The zero-order valence-corrected chi connectivity index (χ0v) is 18.4. The quantitative estimate of drug-likeness (QED) is 0.343. The van der Waals surface area contributed by atoms with Crippen LogP contribution in [0.3, 0.4) is 0 Å². The number of nitrogens with zero attached hydrogens (tertiary/aromatic N) is 1. The standard InChI is InChI=1S/C29H27NO/c1-4-19-31-21-16-14-20(15-17-21)22-9-7-10-23-24-11-8-12-25(26-13-5-6-18-30-26)28(24)29(2,3)27(22)23/h5-18H,4,19H2,1-3H3. The van der Waals surface area contributed by atoms with Gasteiger partial charge in [-0.3, -0.25) is 4.98 Å². The number of rotatable bonds is 5. The molecule has 0 fully saturated rings. The molecule has 1 aliphatic rings. The zero-order valence-electron chi connectivity index (χ0n) is 18.4.